The van der Waals surface area contributed by atoms with Gasteiger partial charge in [-0.25, -0.2) is 4.57 Å². The number of ether oxygens (including phenoxy) is 1. The summed E-state index contributed by atoms with van der Waals surface area (Å²) in [5, 5.41) is 3.38. The third kappa shape index (κ3) is 7.12. The van der Waals surface area contributed by atoms with Crippen LogP contribution in [0.1, 0.15) is 45.9 Å². The molecule has 1 aliphatic rings. The summed E-state index contributed by atoms with van der Waals surface area (Å²) in [5.74, 6) is -1.15. The molecular weight excluding hydrogens is 484 g/mol. The molecule has 0 spiro atoms. The Kier molecular flexibility index (Phi) is 9.66. The molecule has 2 heterocycles. The van der Waals surface area contributed by atoms with Crippen LogP contribution in [0.15, 0.2) is 34.4 Å². The normalized spacial score (nSPS) is 16.1. The second-order valence-corrected chi connectivity index (χ2v) is 10.2. The van der Waals surface area contributed by atoms with Gasteiger partial charge in [0.05, 0.1) is 6.61 Å². The first-order valence-corrected chi connectivity index (χ1v) is 10.8. The van der Waals surface area contributed by atoms with Crippen LogP contribution in [0.2, 0.25) is 0 Å². The van der Waals surface area contributed by atoms with Crippen molar-refractivity contribution in [3.8, 4) is 17.0 Å². The molecule has 1 aliphatic heterocycles. The van der Waals surface area contributed by atoms with E-state index in [9.17, 15) is 27.5 Å². The van der Waals surface area contributed by atoms with E-state index in [2.05, 4.69) is 9.68 Å². The predicted octanol–water partition coefficient (Wildman–Crippen LogP) is 4.35. The van der Waals surface area contributed by atoms with Crippen LogP contribution in [0, 0.1) is 10.8 Å². The van der Waals surface area contributed by atoms with E-state index in [1.54, 1.807) is 6.07 Å². The summed E-state index contributed by atoms with van der Waals surface area (Å²) in [4.78, 5) is 18.6. The number of alkyl halides is 3. The molecule has 174 valence electrons. The second kappa shape index (κ2) is 10.4. The number of phosphoric acid groups is 1. The Hall–Kier alpha value is -0.290. The second-order valence-electron chi connectivity index (χ2n) is 8.99. The number of phosphoric ester groups is 1. The number of halogens is 3. The van der Waals surface area contributed by atoms with Gasteiger partial charge in [-0.05, 0) is 23.1 Å². The Morgan fingerprint density at radius 1 is 1.12 bits per heavy atom. The molecule has 0 saturated carbocycles. The Morgan fingerprint density at radius 3 is 2.21 bits per heavy atom. The first-order valence-electron chi connectivity index (χ1n) is 9.31. The molecule has 2 N–H and O–H groups in total. The van der Waals surface area contributed by atoms with Gasteiger partial charge in [0.25, 0.3) is 0 Å². The van der Waals surface area contributed by atoms with Crippen molar-refractivity contribution in [3.63, 3.8) is 0 Å². The minimum absolute atomic E-state index is 0. The van der Waals surface area contributed by atoms with E-state index in [1.807, 2.05) is 34.6 Å². The summed E-state index contributed by atoms with van der Waals surface area (Å²) in [5.41, 5.74) is 0.565. The molecular formula is C20H25F3NNa2O6P. The quantitative estimate of drug-likeness (QED) is 0.467. The summed E-state index contributed by atoms with van der Waals surface area (Å²) in [7, 11) is -5.02. The standard InChI is InChI=1S/C20H23F3NO6P.2Na.2H/c1-18(2,3)17-16(28-10-19(17,4)5)11-6-7-12(14(8-11)30-31(25,26)27)13-9-15(29-24-13)20(21,22)23;;;;/h6-9H,10H2,1-5H3,(H2,25,26,27);;;;. The molecule has 0 aliphatic carbocycles. The van der Waals surface area contributed by atoms with E-state index >= 15 is 0 Å². The molecule has 0 unspecified atom stereocenters. The molecule has 0 amide bonds. The van der Waals surface area contributed by atoms with Gasteiger partial charge in [-0.1, -0.05) is 45.8 Å². The fourth-order valence-electron chi connectivity index (χ4n) is 3.90. The average molecular weight is 509 g/mol. The van der Waals surface area contributed by atoms with Crippen molar-refractivity contribution in [1.82, 2.24) is 5.16 Å². The number of hydrogen-bond acceptors (Lipinski definition) is 5. The number of benzene rings is 1. The molecule has 0 saturated heterocycles. The van der Waals surface area contributed by atoms with Crippen molar-refractivity contribution in [2.45, 2.75) is 40.8 Å². The van der Waals surface area contributed by atoms with Crippen LogP contribution in [0.5, 0.6) is 5.75 Å². The van der Waals surface area contributed by atoms with E-state index in [0.29, 0.717) is 24.0 Å². The SMILES string of the molecule is CC(C)(C)C1=C(c2ccc(-c3cc(C(F)(F)F)on3)c(OP(=O)(O)O)c2)OCC1(C)C.[NaH].[NaH]. The molecule has 7 nitrogen and oxygen atoms in total. The van der Waals surface area contributed by atoms with Crippen molar-refractivity contribution in [3.05, 3.63) is 41.2 Å². The maximum atomic E-state index is 12.9. The molecule has 1 aromatic heterocycles. The zero-order valence-corrected chi connectivity index (χ0v) is 18.5. The van der Waals surface area contributed by atoms with E-state index in [4.69, 9.17) is 9.26 Å². The van der Waals surface area contributed by atoms with Crippen LogP contribution >= 0.6 is 7.82 Å². The molecule has 0 bridgehead atoms. The molecule has 0 radical (unpaired) electrons. The van der Waals surface area contributed by atoms with Crippen LogP contribution in [0.3, 0.4) is 0 Å². The van der Waals surface area contributed by atoms with Gasteiger partial charge in [-0.2, -0.15) is 13.2 Å². The van der Waals surface area contributed by atoms with Crippen LogP contribution in [-0.4, -0.2) is 80.7 Å². The Labute approximate surface area is 233 Å². The van der Waals surface area contributed by atoms with Crippen molar-refractivity contribution in [2.75, 3.05) is 6.61 Å². The zero-order chi connectivity index (χ0) is 23.4. The van der Waals surface area contributed by atoms with Gasteiger partial charge >= 0.3 is 73.1 Å². The van der Waals surface area contributed by atoms with Crippen LogP contribution < -0.4 is 4.52 Å². The fourth-order valence-corrected chi connectivity index (χ4v) is 4.31. The number of aromatic nitrogens is 1. The maximum absolute atomic E-state index is 12.9. The number of hydrogen-bond donors (Lipinski definition) is 2. The van der Waals surface area contributed by atoms with Gasteiger partial charge in [0.1, 0.15) is 17.2 Å². The minimum atomic E-state index is -5.02. The fraction of sp³-hybridized carbons (Fsp3) is 0.450. The van der Waals surface area contributed by atoms with Gasteiger partial charge in [-0.3, -0.25) is 9.79 Å². The third-order valence-corrected chi connectivity index (χ3v) is 5.19. The Balaban J connectivity index is 0.00000272. The summed E-state index contributed by atoms with van der Waals surface area (Å²) >= 11 is 0. The van der Waals surface area contributed by atoms with Gasteiger partial charge < -0.3 is 13.8 Å². The molecule has 33 heavy (non-hydrogen) atoms. The summed E-state index contributed by atoms with van der Waals surface area (Å²) in [6.45, 7) is 10.5. The van der Waals surface area contributed by atoms with Crippen molar-refractivity contribution < 1.29 is 41.3 Å². The summed E-state index contributed by atoms with van der Waals surface area (Å²) in [6.07, 6.45) is -4.76. The molecule has 0 atom stereocenters. The van der Waals surface area contributed by atoms with Crippen LogP contribution in [0.4, 0.5) is 13.2 Å². The van der Waals surface area contributed by atoms with Crippen molar-refractivity contribution in [2.24, 2.45) is 10.8 Å². The van der Waals surface area contributed by atoms with Crippen molar-refractivity contribution >= 4 is 72.7 Å². The molecule has 0 fully saturated rings. The Bertz CT molecular complexity index is 1090. The van der Waals surface area contributed by atoms with Crippen molar-refractivity contribution in [1.29, 1.82) is 0 Å². The zero-order valence-electron chi connectivity index (χ0n) is 17.6. The molecule has 2 aromatic rings. The first-order chi connectivity index (χ1) is 14.0. The third-order valence-electron chi connectivity index (χ3n) is 4.76. The van der Waals surface area contributed by atoms with Gasteiger partial charge in [0.15, 0.2) is 0 Å². The van der Waals surface area contributed by atoms with E-state index in [0.717, 1.165) is 5.57 Å². The predicted molar refractivity (Wildman–Crippen MR) is 120 cm³/mol. The summed E-state index contributed by atoms with van der Waals surface area (Å²) < 4.78 is 65.2. The van der Waals surface area contributed by atoms with E-state index < -0.39 is 19.8 Å². The van der Waals surface area contributed by atoms with E-state index in [-0.39, 0.29) is 87.0 Å². The molecule has 3 rings (SSSR count). The van der Waals surface area contributed by atoms with Crippen LogP contribution in [0.25, 0.3) is 17.0 Å². The summed E-state index contributed by atoms with van der Waals surface area (Å²) in [6, 6.07) is 4.89. The monoisotopic (exact) mass is 509 g/mol. The van der Waals surface area contributed by atoms with Gasteiger partial charge in [0, 0.05) is 22.6 Å². The first kappa shape index (κ1) is 30.7. The molecule has 13 heteroatoms. The average Bonchev–Trinajstić information content (AvgIpc) is 3.16. The number of nitrogens with zero attached hydrogens (tertiary/aromatic N) is 1. The number of rotatable bonds is 4. The van der Waals surface area contributed by atoms with Gasteiger partial charge in [-0.15, -0.1) is 0 Å². The topological polar surface area (TPSA) is 102 Å². The van der Waals surface area contributed by atoms with E-state index in [1.165, 1.54) is 12.1 Å². The van der Waals surface area contributed by atoms with Crippen LogP contribution in [-0.2, 0) is 15.5 Å². The molecule has 1 aromatic carbocycles. The Morgan fingerprint density at radius 2 is 1.73 bits per heavy atom. The van der Waals surface area contributed by atoms with Gasteiger partial charge in [0.2, 0.25) is 5.76 Å².